The Morgan fingerprint density at radius 2 is 1.50 bits per heavy atom. The highest BCUT2D eigenvalue weighted by atomic mass is 79.9. The number of carbonyl (C=O) groups excluding carboxylic acids is 2. The molecular formula is C25H20BrN3O7. The first-order valence-corrected chi connectivity index (χ1v) is 11.5. The summed E-state index contributed by atoms with van der Waals surface area (Å²) in [5.41, 5.74) is -3.24. The number of hydrogen-bond donors (Lipinski definition) is 0. The van der Waals surface area contributed by atoms with Crippen LogP contribution in [0.3, 0.4) is 0 Å². The highest BCUT2D eigenvalue weighted by Gasteiger charge is 2.58. The van der Waals surface area contributed by atoms with Gasteiger partial charge in [0.1, 0.15) is 11.0 Å². The molecular weight excluding hydrogens is 534 g/mol. The Labute approximate surface area is 213 Å². The lowest BCUT2D eigenvalue weighted by Gasteiger charge is -2.30. The van der Waals surface area contributed by atoms with Gasteiger partial charge in [-0.05, 0) is 54.4 Å². The first-order valence-electron chi connectivity index (χ1n) is 10.7. The smallest absolute Gasteiger partial charge is 0.421 e. The lowest BCUT2D eigenvalue weighted by atomic mass is 9.69. The van der Waals surface area contributed by atoms with Crippen LogP contribution in [0.15, 0.2) is 71.2 Å². The molecule has 0 aromatic heterocycles. The minimum Gasteiger partial charge on any atom is -0.443 e. The maximum atomic E-state index is 14.4. The SMILES string of the molecule is CC(C)(C)OC(=O)N1C(=O)[C@](c2ccccc2)(c2cc(Br)c([N+](=O)[O-])cc2[N+](=O)[O-])c2ccccc21. The van der Waals surface area contributed by atoms with Gasteiger partial charge in [0.15, 0.2) is 0 Å². The zero-order chi connectivity index (χ0) is 26.4. The van der Waals surface area contributed by atoms with Gasteiger partial charge in [-0.25, -0.2) is 9.69 Å². The molecule has 1 atom stereocenters. The number of benzene rings is 3. The summed E-state index contributed by atoms with van der Waals surface area (Å²) in [6.07, 6.45) is -0.943. The van der Waals surface area contributed by atoms with Crippen LogP contribution in [0.4, 0.5) is 21.9 Å². The number of nitro benzene ring substituents is 2. The number of imide groups is 1. The molecule has 0 aliphatic carbocycles. The zero-order valence-corrected chi connectivity index (χ0v) is 21.0. The van der Waals surface area contributed by atoms with Crippen LogP contribution in [0.25, 0.3) is 0 Å². The Bertz CT molecular complexity index is 1420. The molecule has 0 saturated carbocycles. The zero-order valence-electron chi connectivity index (χ0n) is 19.4. The van der Waals surface area contributed by atoms with E-state index in [2.05, 4.69) is 15.9 Å². The van der Waals surface area contributed by atoms with E-state index >= 15 is 0 Å². The van der Waals surface area contributed by atoms with E-state index in [0.717, 1.165) is 11.0 Å². The predicted octanol–water partition coefficient (Wildman–Crippen LogP) is 5.88. The van der Waals surface area contributed by atoms with Crippen LogP contribution < -0.4 is 4.90 Å². The number of ether oxygens (including phenoxy) is 1. The van der Waals surface area contributed by atoms with Gasteiger partial charge in [-0.15, -0.1) is 0 Å². The monoisotopic (exact) mass is 553 g/mol. The van der Waals surface area contributed by atoms with E-state index in [1.807, 2.05) is 0 Å². The second-order valence-electron chi connectivity index (χ2n) is 9.09. The van der Waals surface area contributed by atoms with Crippen LogP contribution >= 0.6 is 15.9 Å². The molecule has 0 fully saturated rings. The van der Waals surface area contributed by atoms with Crippen LogP contribution in [0, 0.1) is 20.2 Å². The van der Waals surface area contributed by atoms with Gasteiger partial charge in [-0.2, -0.15) is 0 Å². The average molecular weight is 554 g/mol. The van der Waals surface area contributed by atoms with Gasteiger partial charge in [0.25, 0.3) is 17.3 Å². The summed E-state index contributed by atoms with van der Waals surface area (Å²) in [6, 6.07) is 16.7. The molecule has 3 aromatic carbocycles. The van der Waals surface area contributed by atoms with Crippen molar-refractivity contribution in [3.8, 4) is 0 Å². The van der Waals surface area contributed by atoms with Gasteiger partial charge in [0.2, 0.25) is 0 Å². The molecule has 3 aromatic rings. The van der Waals surface area contributed by atoms with E-state index in [0.29, 0.717) is 11.1 Å². The normalized spacial score (nSPS) is 17.0. The number of carbonyl (C=O) groups is 2. The van der Waals surface area contributed by atoms with E-state index in [9.17, 15) is 29.8 Å². The highest BCUT2D eigenvalue weighted by molar-refractivity contribution is 9.10. The fourth-order valence-electron chi connectivity index (χ4n) is 4.39. The number of hydrogen-bond acceptors (Lipinski definition) is 7. The molecule has 0 saturated heterocycles. The third-order valence-electron chi connectivity index (χ3n) is 5.72. The standard InChI is InChI=1S/C25H20BrN3O7/c1-24(2,3)36-23(31)27-19-12-8-7-11-16(19)25(22(27)30,15-9-5-4-6-10-15)17-13-18(26)21(29(34)35)14-20(17)28(32)33/h4-14H,1-3H3/t25-/m0/s1. The van der Waals surface area contributed by atoms with Crippen LogP contribution in [-0.4, -0.2) is 27.4 Å². The average Bonchev–Trinajstić information content (AvgIpc) is 3.06. The van der Waals surface area contributed by atoms with Gasteiger partial charge >= 0.3 is 6.09 Å². The van der Waals surface area contributed by atoms with Crippen LogP contribution in [0.1, 0.15) is 37.5 Å². The van der Waals surface area contributed by atoms with E-state index in [1.165, 1.54) is 6.07 Å². The van der Waals surface area contributed by atoms with E-state index < -0.39 is 44.2 Å². The molecule has 1 aliphatic rings. The fourth-order valence-corrected chi connectivity index (χ4v) is 4.88. The molecule has 1 heterocycles. The van der Waals surface area contributed by atoms with Crippen molar-refractivity contribution in [3.63, 3.8) is 0 Å². The molecule has 0 N–H and O–H groups in total. The summed E-state index contributed by atoms with van der Waals surface area (Å²) in [5.74, 6) is -0.798. The minimum absolute atomic E-state index is 0.0515. The van der Waals surface area contributed by atoms with Crippen LogP contribution in [0.5, 0.6) is 0 Å². The third kappa shape index (κ3) is 3.91. The second kappa shape index (κ2) is 8.83. The molecule has 0 spiro atoms. The maximum Gasteiger partial charge on any atom is 0.421 e. The Balaban J connectivity index is 2.13. The Kier molecular flexibility index (Phi) is 6.13. The molecule has 0 unspecified atom stereocenters. The third-order valence-corrected chi connectivity index (χ3v) is 6.35. The number of nitrogens with zero attached hydrogens (tertiary/aromatic N) is 3. The molecule has 0 radical (unpaired) electrons. The van der Waals surface area contributed by atoms with Crippen molar-refractivity contribution in [1.82, 2.24) is 0 Å². The first kappa shape index (κ1) is 25.0. The van der Waals surface area contributed by atoms with Crippen LogP contribution in [0.2, 0.25) is 0 Å². The second-order valence-corrected chi connectivity index (χ2v) is 9.94. The Morgan fingerprint density at radius 1 is 0.917 bits per heavy atom. The fraction of sp³-hybridized carbons (Fsp3) is 0.200. The quantitative estimate of drug-likeness (QED) is 0.290. The van der Waals surface area contributed by atoms with Gasteiger partial charge in [0.05, 0.1) is 31.6 Å². The van der Waals surface area contributed by atoms with Crippen molar-refractivity contribution < 1.29 is 24.2 Å². The number of para-hydroxylation sites is 1. The largest absolute Gasteiger partial charge is 0.443 e. The van der Waals surface area contributed by atoms with E-state index in [4.69, 9.17) is 4.74 Å². The molecule has 4 rings (SSSR count). The maximum absolute atomic E-state index is 14.4. The van der Waals surface area contributed by atoms with Gasteiger partial charge in [0, 0.05) is 5.56 Å². The molecule has 184 valence electrons. The number of anilines is 1. The Morgan fingerprint density at radius 3 is 2.08 bits per heavy atom. The van der Waals surface area contributed by atoms with Crippen molar-refractivity contribution >= 4 is 45.0 Å². The summed E-state index contributed by atoms with van der Waals surface area (Å²) in [4.78, 5) is 50.7. The predicted molar refractivity (Wildman–Crippen MR) is 134 cm³/mol. The minimum atomic E-state index is -1.87. The lowest BCUT2D eigenvalue weighted by Crippen LogP contribution is -2.46. The van der Waals surface area contributed by atoms with E-state index in [1.54, 1.807) is 75.4 Å². The van der Waals surface area contributed by atoms with Crippen molar-refractivity contribution in [2.24, 2.45) is 0 Å². The van der Waals surface area contributed by atoms with Gasteiger partial charge < -0.3 is 4.74 Å². The first-order chi connectivity index (χ1) is 16.9. The topological polar surface area (TPSA) is 133 Å². The summed E-state index contributed by atoms with van der Waals surface area (Å²) in [7, 11) is 0. The highest BCUT2D eigenvalue weighted by Crippen LogP contribution is 2.54. The summed E-state index contributed by atoms with van der Waals surface area (Å²) in [5, 5.41) is 23.7. The number of nitro groups is 2. The number of halogens is 1. The lowest BCUT2D eigenvalue weighted by molar-refractivity contribution is -0.395. The Hall–Kier alpha value is -4.12. The molecule has 1 aliphatic heterocycles. The van der Waals surface area contributed by atoms with Crippen LogP contribution in [-0.2, 0) is 14.9 Å². The number of rotatable bonds is 4. The molecule has 36 heavy (non-hydrogen) atoms. The van der Waals surface area contributed by atoms with Crippen molar-refractivity contribution in [3.05, 3.63) is 108 Å². The number of fused-ring (bicyclic) bond motifs is 1. The van der Waals surface area contributed by atoms with Crippen molar-refractivity contribution in [2.45, 2.75) is 31.8 Å². The molecule has 2 amide bonds. The summed E-state index contributed by atoms with van der Waals surface area (Å²) in [6.45, 7) is 4.96. The van der Waals surface area contributed by atoms with Crippen molar-refractivity contribution in [1.29, 1.82) is 0 Å². The van der Waals surface area contributed by atoms with Gasteiger partial charge in [-0.3, -0.25) is 25.0 Å². The van der Waals surface area contributed by atoms with Crippen molar-refractivity contribution in [2.75, 3.05) is 4.90 Å². The summed E-state index contributed by atoms with van der Waals surface area (Å²) < 4.78 is 5.45. The molecule has 11 heteroatoms. The molecule has 10 nitrogen and oxygen atoms in total. The summed E-state index contributed by atoms with van der Waals surface area (Å²) >= 11 is 3.14. The van der Waals surface area contributed by atoms with Gasteiger partial charge in [-0.1, -0.05) is 48.5 Å². The van der Waals surface area contributed by atoms with E-state index in [-0.39, 0.29) is 15.7 Å². The molecule has 0 bridgehead atoms. The number of amides is 2.